The molecule has 2 N–H and O–H groups in total. The van der Waals surface area contributed by atoms with Crippen molar-refractivity contribution in [3.05, 3.63) is 29.3 Å². The first-order chi connectivity index (χ1) is 8.01. The lowest BCUT2D eigenvalue weighted by molar-refractivity contribution is -0.118. The monoisotopic (exact) mass is 299 g/mol. The highest BCUT2D eigenvalue weighted by molar-refractivity contribution is 9.09. The van der Waals surface area contributed by atoms with Crippen LogP contribution < -0.4 is 5.32 Å². The minimum absolute atomic E-state index is 0.0136. The third-order valence-corrected chi connectivity index (χ3v) is 3.00. The van der Waals surface area contributed by atoms with Crippen LogP contribution in [-0.2, 0) is 4.79 Å². The van der Waals surface area contributed by atoms with Gasteiger partial charge >= 0.3 is 0 Å². The summed E-state index contributed by atoms with van der Waals surface area (Å²) in [6.07, 6.45) is -0.455. The standard InChI is InChI=1S/C13H18BrNO2/c1-9-3-10(2)5-11(4-9)15-8-13(17)6-12(16)7-14/h3-5,13,15,17H,6-8H2,1-2H3. The maximum atomic E-state index is 11.1. The van der Waals surface area contributed by atoms with Crippen LogP contribution in [0.3, 0.4) is 0 Å². The Hall–Kier alpha value is -0.870. The zero-order valence-corrected chi connectivity index (χ0v) is 11.8. The molecule has 3 nitrogen and oxygen atoms in total. The van der Waals surface area contributed by atoms with Gasteiger partial charge in [0, 0.05) is 18.7 Å². The van der Waals surface area contributed by atoms with Gasteiger partial charge in [0.2, 0.25) is 0 Å². The molecule has 0 fully saturated rings. The fourth-order valence-electron chi connectivity index (χ4n) is 1.70. The second kappa shape index (κ2) is 6.77. The molecule has 0 heterocycles. The Balaban J connectivity index is 2.47. The number of ketones is 1. The van der Waals surface area contributed by atoms with Crippen molar-refractivity contribution in [1.82, 2.24) is 0 Å². The smallest absolute Gasteiger partial charge is 0.146 e. The van der Waals surface area contributed by atoms with E-state index in [0.717, 1.165) is 5.69 Å². The number of alkyl halides is 1. The molecule has 0 aliphatic heterocycles. The minimum Gasteiger partial charge on any atom is -0.391 e. The highest BCUT2D eigenvalue weighted by Crippen LogP contribution is 2.13. The van der Waals surface area contributed by atoms with E-state index < -0.39 is 6.10 Å². The Morgan fingerprint density at radius 1 is 1.35 bits per heavy atom. The predicted molar refractivity (Wildman–Crippen MR) is 73.8 cm³/mol. The van der Waals surface area contributed by atoms with Crippen LogP contribution in [0, 0.1) is 13.8 Å². The first-order valence-corrected chi connectivity index (χ1v) is 6.71. The average molecular weight is 300 g/mol. The summed E-state index contributed by atoms with van der Waals surface area (Å²) in [7, 11) is 0. The third-order valence-electron chi connectivity index (χ3n) is 2.38. The van der Waals surface area contributed by atoms with E-state index in [4.69, 9.17) is 0 Å². The van der Waals surface area contributed by atoms with Crippen LogP contribution >= 0.6 is 15.9 Å². The number of carbonyl (C=O) groups is 1. The van der Waals surface area contributed by atoms with Gasteiger partial charge in [-0.05, 0) is 37.1 Å². The van der Waals surface area contributed by atoms with Gasteiger partial charge in [-0.3, -0.25) is 4.79 Å². The minimum atomic E-state index is -0.638. The maximum absolute atomic E-state index is 11.1. The maximum Gasteiger partial charge on any atom is 0.146 e. The summed E-state index contributed by atoms with van der Waals surface area (Å²) in [5.74, 6) is 0.0136. The van der Waals surface area contributed by atoms with Crippen LogP contribution in [0.15, 0.2) is 18.2 Å². The number of carbonyl (C=O) groups excluding carboxylic acids is 1. The Kier molecular flexibility index (Phi) is 5.65. The number of aryl methyl sites for hydroxylation is 2. The number of anilines is 1. The van der Waals surface area contributed by atoms with E-state index in [1.807, 2.05) is 26.0 Å². The summed E-state index contributed by atoms with van der Waals surface area (Å²) in [6, 6.07) is 6.13. The van der Waals surface area contributed by atoms with Gasteiger partial charge in [-0.25, -0.2) is 0 Å². The molecule has 1 aromatic carbocycles. The van der Waals surface area contributed by atoms with E-state index in [9.17, 15) is 9.90 Å². The van der Waals surface area contributed by atoms with Crippen LogP contribution in [0.4, 0.5) is 5.69 Å². The number of benzene rings is 1. The molecule has 0 amide bonds. The molecule has 1 unspecified atom stereocenters. The van der Waals surface area contributed by atoms with Crippen molar-refractivity contribution in [2.45, 2.75) is 26.4 Å². The number of Topliss-reactive ketones (excluding diaryl/α,β-unsaturated/α-hetero) is 1. The van der Waals surface area contributed by atoms with Crippen LogP contribution in [0.1, 0.15) is 17.5 Å². The van der Waals surface area contributed by atoms with Gasteiger partial charge in [-0.1, -0.05) is 22.0 Å². The van der Waals surface area contributed by atoms with E-state index in [0.29, 0.717) is 11.9 Å². The van der Waals surface area contributed by atoms with Gasteiger partial charge in [0.1, 0.15) is 5.78 Å². The Bertz CT molecular complexity index is 373. The lowest BCUT2D eigenvalue weighted by Gasteiger charge is -2.12. The molecule has 1 rings (SSSR count). The molecular weight excluding hydrogens is 282 g/mol. The third kappa shape index (κ3) is 5.33. The summed E-state index contributed by atoms with van der Waals surface area (Å²) in [4.78, 5) is 11.1. The van der Waals surface area contributed by atoms with Crippen LogP contribution in [0.25, 0.3) is 0 Å². The van der Waals surface area contributed by atoms with Gasteiger partial charge in [0.15, 0.2) is 0 Å². The van der Waals surface area contributed by atoms with Crippen LogP contribution in [-0.4, -0.2) is 28.9 Å². The molecule has 94 valence electrons. The first kappa shape index (κ1) is 14.2. The predicted octanol–water partition coefficient (Wildman–Crippen LogP) is 2.43. The molecule has 0 saturated heterocycles. The highest BCUT2D eigenvalue weighted by atomic mass is 79.9. The van der Waals surface area contributed by atoms with Crippen molar-refractivity contribution in [2.24, 2.45) is 0 Å². The molecule has 0 spiro atoms. The SMILES string of the molecule is Cc1cc(C)cc(NCC(O)CC(=O)CBr)c1. The van der Waals surface area contributed by atoms with Crippen molar-refractivity contribution in [3.63, 3.8) is 0 Å². The second-order valence-electron chi connectivity index (χ2n) is 4.29. The molecule has 17 heavy (non-hydrogen) atoms. The van der Waals surface area contributed by atoms with Crippen LogP contribution in [0.2, 0.25) is 0 Å². The normalized spacial score (nSPS) is 12.2. The number of rotatable bonds is 6. The van der Waals surface area contributed by atoms with Gasteiger partial charge < -0.3 is 10.4 Å². The molecule has 0 bridgehead atoms. The molecule has 0 aromatic heterocycles. The summed E-state index contributed by atoms with van der Waals surface area (Å²) in [5.41, 5.74) is 3.34. The number of nitrogens with one attached hydrogen (secondary N) is 1. The van der Waals surface area contributed by atoms with Crippen molar-refractivity contribution < 1.29 is 9.90 Å². The number of aliphatic hydroxyl groups excluding tert-OH is 1. The Morgan fingerprint density at radius 3 is 2.47 bits per heavy atom. The molecule has 0 radical (unpaired) electrons. The number of halogens is 1. The van der Waals surface area contributed by atoms with Crippen molar-refractivity contribution >= 4 is 27.4 Å². The number of aliphatic hydroxyl groups is 1. The zero-order chi connectivity index (χ0) is 12.8. The van der Waals surface area contributed by atoms with Crippen molar-refractivity contribution in [3.8, 4) is 0 Å². The average Bonchev–Trinajstić information content (AvgIpc) is 2.25. The molecule has 0 saturated carbocycles. The van der Waals surface area contributed by atoms with E-state index in [-0.39, 0.29) is 12.2 Å². The van der Waals surface area contributed by atoms with Crippen molar-refractivity contribution in [2.75, 3.05) is 17.2 Å². The number of hydrogen-bond donors (Lipinski definition) is 2. The fourth-order valence-corrected chi connectivity index (χ4v) is 1.93. The summed E-state index contributed by atoms with van der Waals surface area (Å²) >= 11 is 3.08. The summed E-state index contributed by atoms with van der Waals surface area (Å²) < 4.78 is 0. The van der Waals surface area contributed by atoms with E-state index in [2.05, 4.69) is 27.3 Å². The van der Waals surface area contributed by atoms with E-state index in [1.54, 1.807) is 0 Å². The second-order valence-corrected chi connectivity index (χ2v) is 4.85. The highest BCUT2D eigenvalue weighted by Gasteiger charge is 2.09. The largest absolute Gasteiger partial charge is 0.391 e. The van der Waals surface area contributed by atoms with Gasteiger partial charge in [-0.2, -0.15) is 0 Å². The first-order valence-electron chi connectivity index (χ1n) is 5.59. The van der Waals surface area contributed by atoms with E-state index >= 15 is 0 Å². The molecule has 0 aliphatic carbocycles. The molecule has 4 heteroatoms. The summed E-state index contributed by atoms with van der Waals surface area (Å²) in [5, 5.41) is 13.1. The van der Waals surface area contributed by atoms with Gasteiger partial charge in [0.05, 0.1) is 11.4 Å². The summed E-state index contributed by atoms with van der Waals surface area (Å²) in [6.45, 7) is 4.45. The quantitative estimate of drug-likeness (QED) is 0.793. The lowest BCUT2D eigenvalue weighted by Crippen LogP contribution is -2.23. The molecular formula is C13H18BrNO2. The van der Waals surface area contributed by atoms with Crippen molar-refractivity contribution in [1.29, 1.82) is 0 Å². The van der Waals surface area contributed by atoms with E-state index in [1.165, 1.54) is 11.1 Å². The topological polar surface area (TPSA) is 49.3 Å². The molecule has 0 aliphatic rings. The molecule has 1 atom stereocenters. The lowest BCUT2D eigenvalue weighted by atomic mass is 10.1. The van der Waals surface area contributed by atoms with Gasteiger partial charge in [-0.15, -0.1) is 0 Å². The number of hydrogen-bond acceptors (Lipinski definition) is 3. The Labute approximate surface area is 110 Å². The molecule has 1 aromatic rings. The Morgan fingerprint density at radius 2 is 1.94 bits per heavy atom. The van der Waals surface area contributed by atoms with Crippen LogP contribution in [0.5, 0.6) is 0 Å². The fraction of sp³-hybridized carbons (Fsp3) is 0.462. The van der Waals surface area contributed by atoms with Gasteiger partial charge in [0.25, 0.3) is 0 Å². The zero-order valence-electron chi connectivity index (χ0n) is 10.2.